The molecule has 0 atom stereocenters. The van der Waals surface area contributed by atoms with Gasteiger partial charge in [-0.05, 0) is 18.6 Å². The molecule has 23 heavy (non-hydrogen) atoms. The van der Waals surface area contributed by atoms with E-state index in [0.717, 1.165) is 19.4 Å². The van der Waals surface area contributed by atoms with E-state index in [-0.39, 0.29) is 5.91 Å². The molecule has 1 amide bonds. The van der Waals surface area contributed by atoms with Crippen molar-refractivity contribution in [3.05, 3.63) is 47.8 Å². The normalized spacial score (nSPS) is 9.96. The minimum atomic E-state index is -0.338. The van der Waals surface area contributed by atoms with Gasteiger partial charge >= 0.3 is 0 Å². The summed E-state index contributed by atoms with van der Waals surface area (Å²) in [5.41, 5.74) is 1.24. The molecule has 0 radical (unpaired) electrons. The maximum atomic E-state index is 12.2. The average Bonchev–Trinajstić information content (AvgIpc) is 2.60. The highest BCUT2D eigenvalue weighted by molar-refractivity contribution is 6.04. The van der Waals surface area contributed by atoms with Crippen LogP contribution in [0.25, 0.3) is 0 Å². The van der Waals surface area contributed by atoms with Gasteiger partial charge in [0.1, 0.15) is 6.07 Å². The number of hydrogen-bond donors (Lipinski definition) is 1. The molecule has 0 unspecified atom stereocenters. The first kappa shape index (κ1) is 16.4. The summed E-state index contributed by atoms with van der Waals surface area (Å²) < 4.78 is 0. The van der Waals surface area contributed by atoms with E-state index in [1.54, 1.807) is 24.3 Å². The molecule has 0 spiro atoms. The fourth-order valence-electron chi connectivity index (χ4n) is 2.01. The Bertz CT molecular complexity index is 706. The predicted octanol–water partition coefficient (Wildman–Crippen LogP) is 2.84. The molecular formula is C17H19N5O. The summed E-state index contributed by atoms with van der Waals surface area (Å²) in [4.78, 5) is 22.6. The van der Waals surface area contributed by atoms with Crippen molar-refractivity contribution >= 4 is 17.5 Å². The number of anilines is 2. The lowest BCUT2D eigenvalue weighted by atomic mass is 10.2. The SMILES string of the molecule is CCCCN(C)c1ncc(C(=O)Nc2ccccc2C#N)cn1. The molecule has 0 saturated heterocycles. The lowest BCUT2D eigenvalue weighted by Gasteiger charge is -2.16. The molecule has 1 aromatic carbocycles. The Morgan fingerprint density at radius 3 is 2.65 bits per heavy atom. The summed E-state index contributed by atoms with van der Waals surface area (Å²) in [5.74, 6) is 0.253. The summed E-state index contributed by atoms with van der Waals surface area (Å²) >= 11 is 0. The van der Waals surface area contributed by atoms with Crippen molar-refractivity contribution in [2.75, 3.05) is 23.8 Å². The number of amides is 1. The first-order valence-corrected chi connectivity index (χ1v) is 7.49. The first-order valence-electron chi connectivity index (χ1n) is 7.49. The molecule has 6 heteroatoms. The third-order valence-corrected chi connectivity index (χ3v) is 3.38. The molecule has 0 fully saturated rings. The third-order valence-electron chi connectivity index (χ3n) is 3.38. The summed E-state index contributed by atoms with van der Waals surface area (Å²) in [6, 6.07) is 8.89. The highest BCUT2D eigenvalue weighted by atomic mass is 16.1. The highest BCUT2D eigenvalue weighted by Crippen LogP contribution is 2.15. The Kier molecular flexibility index (Phi) is 5.64. The number of para-hydroxylation sites is 1. The van der Waals surface area contributed by atoms with Crippen molar-refractivity contribution in [3.63, 3.8) is 0 Å². The van der Waals surface area contributed by atoms with Crippen LogP contribution in [-0.2, 0) is 0 Å². The van der Waals surface area contributed by atoms with Crippen LogP contribution in [0.2, 0.25) is 0 Å². The zero-order chi connectivity index (χ0) is 16.7. The summed E-state index contributed by atoms with van der Waals surface area (Å²) in [7, 11) is 1.92. The van der Waals surface area contributed by atoms with Crippen molar-refractivity contribution in [2.24, 2.45) is 0 Å². The van der Waals surface area contributed by atoms with Gasteiger partial charge in [0.05, 0.1) is 16.8 Å². The molecule has 0 bridgehead atoms. The zero-order valence-electron chi connectivity index (χ0n) is 13.3. The van der Waals surface area contributed by atoms with E-state index >= 15 is 0 Å². The second-order valence-corrected chi connectivity index (χ2v) is 5.16. The molecule has 1 aromatic heterocycles. The molecule has 1 N–H and O–H groups in total. The molecule has 0 aliphatic carbocycles. The van der Waals surface area contributed by atoms with Crippen LogP contribution in [-0.4, -0.2) is 29.5 Å². The van der Waals surface area contributed by atoms with Crippen LogP contribution in [0.4, 0.5) is 11.6 Å². The van der Waals surface area contributed by atoms with Crippen molar-refractivity contribution in [3.8, 4) is 6.07 Å². The van der Waals surface area contributed by atoms with Crippen LogP contribution >= 0.6 is 0 Å². The number of nitrogens with zero attached hydrogens (tertiary/aromatic N) is 4. The smallest absolute Gasteiger partial charge is 0.258 e. The highest BCUT2D eigenvalue weighted by Gasteiger charge is 2.11. The number of hydrogen-bond acceptors (Lipinski definition) is 5. The number of rotatable bonds is 6. The Morgan fingerprint density at radius 1 is 1.30 bits per heavy atom. The van der Waals surface area contributed by atoms with Crippen molar-refractivity contribution < 1.29 is 4.79 Å². The Labute approximate surface area is 135 Å². The minimum absolute atomic E-state index is 0.338. The van der Waals surface area contributed by atoms with Crippen LogP contribution < -0.4 is 10.2 Å². The molecule has 2 rings (SSSR count). The van der Waals surface area contributed by atoms with Gasteiger partial charge in [0.25, 0.3) is 5.91 Å². The van der Waals surface area contributed by atoms with E-state index < -0.39 is 0 Å². The second kappa shape index (κ2) is 7.90. The maximum Gasteiger partial charge on any atom is 0.258 e. The van der Waals surface area contributed by atoms with E-state index in [0.29, 0.717) is 22.8 Å². The number of carbonyl (C=O) groups is 1. The van der Waals surface area contributed by atoms with Gasteiger partial charge in [-0.2, -0.15) is 5.26 Å². The van der Waals surface area contributed by atoms with E-state index in [2.05, 4.69) is 22.2 Å². The topological polar surface area (TPSA) is 81.9 Å². The van der Waals surface area contributed by atoms with Gasteiger partial charge in [0.15, 0.2) is 0 Å². The molecule has 0 aliphatic rings. The van der Waals surface area contributed by atoms with Crippen LogP contribution in [0.5, 0.6) is 0 Å². The fraction of sp³-hybridized carbons (Fsp3) is 0.294. The summed E-state index contributed by atoms with van der Waals surface area (Å²) in [6.07, 6.45) is 5.15. The van der Waals surface area contributed by atoms with Crippen LogP contribution in [0.15, 0.2) is 36.7 Å². The van der Waals surface area contributed by atoms with Crippen molar-refractivity contribution in [1.82, 2.24) is 9.97 Å². The zero-order valence-corrected chi connectivity index (χ0v) is 13.3. The van der Waals surface area contributed by atoms with Gasteiger partial charge in [-0.15, -0.1) is 0 Å². The molecule has 6 nitrogen and oxygen atoms in total. The number of benzene rings is 1. The van der Waals surface area contributed by atoms with Gasteiger partial charge in [0, 0.05) is 26.0 Å². The average molecular weight is 309 g/mol. The van der Waals surface area contributed by atoms with E-state index in [1.807, 2.05) is 18.0 Å². The monoisotopic (exact) mass is 309 g/mol. The Balaban J connectivity index is 2.07. The van der Waals surface area contributed by atoms with Gasteiger partial charge in [-0.3, -0.25) is 4.79 Å². The number of nitriles is 1. The van der Waals surface area contributed by atoms with Crippen LogP contribution in [0, 0.1) is 11.3 Å². The van der Waals surface area contributed by atoms with Crippen molar-refractivity contribution in [2.45, 2.75) is 19.8 Å². The summed E-state index contributed by atoms with van der Waals surface area (Å²) in [6.45, 7) is 3.00. The van der Waals surface area contributed by atoms with Crippen molar-refractivity contribution in [1.29, 1.82) is 5.26 Å². The van der Waals surface area contributed by atoms with E-state index in [9.17, 15) is 4.79 Å². The standard InChI is InChI=1S/C17H19N5O/c1-3-4-9-22(2)17-19-11-14(12-20-17)16(23)21-15-8-6-5-7-13(15)10-18/h5-8,11-12H,3-4,9H2,1-2H3,(H,21,23). The fourth-order valence-corrected chi connectivity index (χ4v) is 2.01. The molecular weight excluding hydrogens is 290 g/mol. The van der Waals surface area contributed by atoms with Crippen LogP contribution in [0.3, 0.4) is 0 Å². The van der Waals surface area contributed by atoms with Crippen LogP contribution in [0.1, 0.15) is 35.7 Å². The molecule has 0 aliphatic heterocycles. The molecule has 2 aromatic rings. The summed E-state index contributed by atoms with van der Waals surface area (Å²) in [5, 5.41) is 11.7. The van der Waals surface area contributed by atoms with E-state index in [4.69, 9.17) is 5.26 Å². The van der Waals surface area contributed by atoms with Gasteiger partial charge in [-0.1, -0.05) is 25.5 Å². The predicted molar refractivity (Wildman–Crippen MR) is 89.3 cm³/mol. The molecule has 1 heterocycles. The lowest BCUT2D eigenvalue weighted by molar-refractivity contribution is 0.102. The number of carbonyl (C=O) groups excluding carboxylic acids is 1. The van der Waals surface area contributed by atoms with Gasteiger partial charge in [0.2, 0.25) is 5.95 Å². The first-order chi connectivity index (χ1) is 11.2. The minimum Gasteiger partial charge on any atom is -0.344 e. The quantitative estimate of drug-likeness (QED) is 0.887. The maximum absolute atomic E-state index is 12.2. The Morgan fingerprint density at radius 2 is 2.00 bits per heavy atom. The lowest BCUT2D eigenvalue weighted by Crippen LogP contribution is -2.21. The number of nitrogens with one attached hydrogen (secondary N) is 1. The van der Waals surface area contributed by atoms with Gasteiger partial charge in [-0.25, -0.2) is 9.97 Å². The Hall–Kier alpha value is -2.94. The van der Waals surface area contributed by atoms with E-state index in [1.165, 1.54) is 12.4 Å². The largest absolute Gasteiger partial charge is 0.344 e. The second-order valence-electron chi connectivity index (χ2n) is 5.16. The number of unbranched alkanes of at least 4 members (excludes halogenated alkanes) is 1. The third kappa shape index (κ3) is 4.27. The van der Waals surface area contributed by atoms with Gasteiger partial charge < -0.3 is 10.2 Å². The number of aromatic nitrogens is 2. The molecule has 118 valence electrons. The molecule has 0 saturated carbocycles.